The first-order valence-corrected chi connectivity index (χ1v) is 5.85. The molecule has 0 aliphatic carbocycles. The third kappa shape index (κ3) is 2.98. The van der Waals surface area contributed by atoms with E-state index in [1.165, 1.54) is 4.90 Å². The van der Waals surface area contributed by atoms with Crippen molar-refractivity contribution in [3.8, 4) is 0 Å². The highest BCUT2D eigenvalue weighted by atomic mass is 16.2. The number of likely N-dealkylation sites (tertiary alicyclic amines) is 1. The Labute approximate surface area is 106 Å². The van der Waals surface area contributed by atoms with Crippen LogP contribution in [0.3, 0.4) is 0 Å². The third-order valence-electron chi connectivity index (χ3n) is 3.30. The first-order valence-electron chi connectivity index (χ1n) is 5.85. The lowest BCUT2D eigenvalue weighted by Gasteiger charge is -2.24. The largest absolute Gasteiger partial charge is 0.370 e. The molecule has 3 amide bonds. The van der Waals surface area contributed by atoms with Crippen LogP contribution in [-0.2, 0) is 14.4 Å². The average molecular weight is 256 g/mol. The predicted molar refractivity (Wildman–Crippen MR) is 65.2 cm³/mol. The van der Waals surface area contributed by atoms with Crippen LogP contribution >= 0.6 is 0 Å². The van der Waals surface area contributed by atoms with Crippen molar-refractivity contribution in [2.45, 2.75) is 25.8 Å². The van der Waals surface area contributed by atoms with E-state index in [0.717, 1.165) is 0 Å². The molecule has 2 unspecified atom stereocenters. The Bertz CT molecular complexity index is 371. The van der Waals surface area contributed by atoms with Crippen LogP contribution in [0.2, 0.25) is 0 Å². The number of amides is 3. The summed E-state index contributed by atoms with van der Waals surface area (Å²) >= 11 is 0. The van der Waals surface area contributed by atoms with Crippen molar-refractivity contribution in [3.05, 3.63) is 0 Å². The maximum Gasteiger partial charge on any atom is 0.240 e. The summed E-state index contributed by atoms with van der Waals surface area (Å²) in [5.41, 5.74) is 10.0. The predicted octanol–water partition coefficient (Wildman–Crippen LogP) is -1.83. The lowest BCUT2D eigenvalue weighted by Crippen LogP contribution is -2.46. The van der Waals surface area contributed by atoms with E-state index >= 15 is 0 Å². The molecular weight excluding hydrogens is 236 g/mol. The second kappa shape index (κ2) is 5.34. The van der Waals surface area contributed by atoms with Crippen molar-refractivity contribution in [2.24, 2.45) is 16.9 Å². The summed E-state index contributed by atoms with van der Waals surface area (Å²) in [7, 11) is 1.57. The number of rotatable bonds is 4. The van der Waals surface area contributed by atoms with Crippen molar-refractivity contribution in [2.75, 3.05) is 20.1 Å². The van der Waals surface area contributed by atoms with Crippen LogP contribution in [0, 0.1) is 5.41 Å². The molecule has 7 heteroatoms. The zero-order chi connectivity index (χ0) is 13.9. The number of hydrogen-bond donors (Lipinski definition) is 3. The van der Waals surface area contributed by atoms with Gasteiger partial charge in [0, 0.05) is 20.1 Å². The second-order valence-corrected chi connectivity index (χ2v) is 4.93. The van der Waals surface area contributed by atoms with Gasteiger partial charge in [-0.05, 0) is 13.3 Å². The number of hydrogen-bond acceptors (Lipinski definition) is 4. The van der Waals surface area contributed by atoms with Gasteiger partial charge in [0.1, 0.15) is 0 Å². The molecule has 5 N–H and O–H groups in total. The van der Waals surface area contributed by atoms with E-state index in [1.54, 1.807) is 14.0 Å². The van der Waals surface area contributed by atoms with Gasteiger partial charge < -0.3 is 21.7 Å². The molecule has 0 bridgehead atoms. The zero-order valence-electron chi connectivity index (χ0n) is 10.7. The summed E-state index contributed by atoms with van der Waals surface area (Å²) in [5.74, 6) is -1.04. The number of carbonyl (C=O) groups is 3. The van der Waals surface area contributed by atoms with Crippen LogP contribution < -0.4 is 16.8 Å². The molecule has 0 saturated carbocycles. The first kappa shape index (κ1) is 14.4. The van der Waals surface area contributed by atoms with Gasteiger partial charge in [0.2, 0.25) is 17.7 Å². The Morgan fingerprint density at radius 1 is 1.44 bits per heavy atom. The van der Waals surface area contributed by atoms with Crippen LogP contribution in [0.15, 0.2) is 0 Å². The number of nitrogens with one attached hydrogen (secondary N) is 1. The summed E-state index contributed by atoms with van der Waals surface area (Å²) in [6.07, 6.45) is 0.410. The normalized spacial score (nSPS) is 24.7. The minimum Gasteiger partial charge on any atom is -0.370 e. The lowest BCUT2D eigenvalue weighted by atomic mass is 9.89. The molecular formula is C11H20N4O3. The van der Waals surface area contributed by atoms with Gasteiger partial charge in [-0.15, -0.1) is 0 Å². The van der Waals surface area contributed by atoms with Gasteiger partial charge in [0.05, 0.1) is 17.9 Å². The molecule has 0 radical (unpaired) electrons. The van der Waals surface area contributed by atoms with Crippen molar-refractivity contribution in [3.63, 3.8) is 0 Å². The number of carbonyl (C=O) groups excluding carboxylic acids is 3. The monoisotopic (exact) mass is 256 g/mol. The van der Waals surface area contributed by atoms with Gasteiger partial charge in [-0.1, -0.05) is 0 Å². The van der Waals surface area contributed by atoms with E-state index in [2.05, 4.69) is 5.32 Å². The molecule has 1 aliphatic rings. The molecule has 1 saturated heterocycles. The summed E-state index contributed by atoms with van der Waals surface area (Å²) < 4.78 is 0. The molecule has 1 rings (SSSR count). The Hall–Kier alpha value is -1.63. The molecule has 1 fully saturated rings. The zero-order valence-corrected chi connectivity index (χ0v) is 10.7. The van der Waals surface area contributed by atoms with E-state index in [4.69, 9.17) is 11.5 Å². The summed E-state index contributed by atoms with van der Waals surface area (Å²) in [5, 5.41) is 2.59. The number of primary amides is 1. The van der Waals surface area contributed by atoms with Gasteiger partial charge in [-0.3, -0.25) is 14.4 Å². The Kier molecular flexibility index (Phi) is 4.28. The molecule has 102 valence electrons. The molecule has 18 heavy (non-hydrogen) atoms. The first-order chi connectivity index (χ1) is 8.30. The maximum absolute atomic E-state index is 11.9. The van der Waals surface area contributed by atoms with Crippen molar-refractivity contribution in [1.29, 1.82) is 0 Å². The van der Waals surface area contributed by atoms with Crippen LogP contribution in [0.5, 0.6) is 0 Å². The van der Waals surface area contributed by atoms with Gasteiger partial charge in [-0.2, -0.15) is 0 Å². The SMILES string of the molecule is CNC(=O)C1(C)CCN(C(=O)C(N)CC(N)=O)C1. The Morgan fingerprint density at radius 2 is 2.06 bits per heavy atom. The van der Waals surface area contributed by atoms with Crippen molar-refractivity contribution < 1.29 is 14.4 Å². The Balaban J connectivity index is 2.64. The van der Waals surface area contributed by atoms with Crippen LogP contribution in [0.1, 0.15) is 19.8 Å². The molecule has 7 nitrogen and oxygen atoms in total. The minimum atomic E-state index is -0.922. The third-order valence-corrected chi connectivity index (χ3v) is 3.30. The van der Waals surface area contributed by atoms with E-state index in [0.29, 0.717) is 19.5 Å². The fourth-order valence-electron chi connectivity index (χ4n) is 2.17. The maximum atomic E-state index is 11.9. The molecule has 1 aliphatic heterocycles. The van der Waals surface area contributed by atoms with Crippen LogP contribution in [0.4, 0.5) is 0 Å². The molecule has 0 spiro atoms. The average Bonchev–Trinajstić information content (AvgIpc) is 2.70. The molecule has 0 aromatic carbocycles. The Morgan fingerprint density at radius 3 is 2.56 bits per heavy atom. The summed E-state index contributed by atoms with van der Waals surface area (Å²) in [4.78, 5) is 35.9. The fraction of sp³-hybridized carbons (Fsp3) is 0.727. The quantitative estimate of drug-likeness (QED) is 0.548. The lowest BCUT2D eigenvalue weighted by molar-refractivity contribution is -0.135. The topological polar surface area (TPSA) is 119 Å². The number of nitrogens with two attached hydrogens (primary N) is 2. The van der Waals surface area contributed by atoms with Crippen LogP contribution in [-0.4, -0.2) is 48.8 Å². The van der Waals surface area contributed by atoms with E-state index < -0.39 is 17.4 Å². The molecule has 1 heterocycles. The summed E-state index contributed by atoms with van der Waals surface area (Å²) in [6, 6.07) is -0.922. The highest BCUT2D eigenvalue weighted by molar-refractivity contribution is 5.89. The highest BCUT2D eigenvalue weighted by Crippen LogP contribution is 2.30. The summed E-state index contributed by atoms with van der Waals surface area (Å²) in [6.45, 7) is 2.59. The van der Waals surface area contributed by atoms with E-state index in [-0.39, 0.29) is 18.2 Å². The minimum absolute atomic E-state index is 0.0960. The highest BCUT2D eigenvalue weighted by Gasteiger charge is 2.42. The van der Waals surface area contributed by atoms with Gasteiger partial charge >= 0.3 is 0 Å². The van der Waals surface area contributed by atoms with E-state index in [1.807, 2.05) is 0 Å². The van der Waals surface area contributed by atoms with E-state index in [9.17, 15) is 14.4 Å². The molecule has 0 aromatic rings. The van der Waals surface area contributed by atoms with Crippen molar-refractivity contribution in [1.82, 2.24) is 10.2 Å². The fourth-order valence-corrected chi connectivity index (χ4v) is 2.17. The van der Waals surface area contributed by atoms with Gasteiger partial charge in [-0.25, -0.2) is 0 Å². The van der Waals surface area contributed by atoms with Crippen molar-refractivity contribution >= 4 is 17.7 Å². The van der Waals surface area contributed by atoms with Gasteiger partial charge in [0.15, 0.2) is 0 Å². The second-order valence-electron chi connectivity index (χ2n) is 4.93. The molecule has 2 atom stereocenters. The van der Waals surface area contributed by atoms with Gasteiger partial charge in [0.25, 0.3) is 0 Å². The molecule has 0 aromatic heterocycles. The van der Waals surface area contributed by atoms with Crippen LogP contribution in [0.25, 0.3) is 0 Å². The smallest absolute Gasteiger partial charge is 0.240 e. The number of nitrogens with zero attached hydrogens (tertiary/aromatic N) is 1. The standard InChI is InChI=1S/C11H20N4O3/c1-11(10(18)14-2)3-4-15(6-11)9(17)7(12)5-8(13)16/h7H,3-6,12H2,1-2H3,(H2,13,16)(H,14,18).